The predicted octanol–water partition coefficient (Wildman–Crippen LogP) is 2.27. The van der Waals surface area contributed by atoms with E-state index in [9.17, 15) is 9.59 Å². The van der Waals surface area contributed by atoms with Gasteiger partial charge < -0.3 is 15.3 Å². The molecule has 3 aromatic heterocycles. The lowest BCUT2D eigenvalue weighted by atomic mass is 10.1. The molecule has 1 aliphatic rings. The number of H-pyrrole nitrogens is 1. The maximum absolute atomic E-state index is 12.9. The van der Waals surface area contributed by atoms with E-state index in [4.69, 9.17) is 5.73 Å². The molecule has 0 fully saturated rings. The number of aromatic amines is 1. The summed E-state index contributed by atoms with van der Waals surface area (Å²) in [4.78, 5) is 39.5. The second-order valence-electron chi connectivity index (χ2n) is 7.57. The van der Waals surface area contributed by atoms with Crippen LogP contribution in [0.5, 0.6) is 0 Å². The molecule has 158 valence electrons. The second kappa shape index (κ2) is 7.64. The molecule has 9 nitrogen and oxygen atoms in total. The number of hydrogen-bond acceptors (Lipinski definition) is 6. The molecule has 4 aromatic rings. The third kappa shape index (κ3) is 3.71. The topological polar surface area (TPSA) is 122 Å². The molecule has 1 aromatic carbocycles. The molecular formula is C21H21N7O2S. The lowest BCUT2D eigenvalue weighted by Crippen LogP contribution is -2.30. The first-order chi connectivity index (χ1) is 15.0. The summed E-state index contributed by atoms with van der Waals surface area (Å²) >= 11 is 1.50. The van der Waals surface area contributed by atoms with Gasteiger partial charge in [-0.05, 0) is 24.3 Å². The van der Waals surface area contributed by atoms with Gasteiger partial charge in [0.1, 0.15) is 5.52 Å². The molecule has 2 amide bonds. The number of anilines is 1. The van der Waals surface area contributed by atoms with Crippen molar-refractivity contribution in [1.29, 1.82) is 0 Å². The van der Waals surface area contributed by atoms with Gasteiger partial charge in [-0.25, -0.2) is 9.97 Å². The SMILES string of the molecule is Cn1cccc1CN1CCc2nc(NC(=O)c3cccc4[nH]c(C(N)=O)nc34)sc2C1. The Labute approximate surface area is 181 Å². The molecule has 0 atom stereocenters. The van der Waals surface area contributed by atoms with Crippen molar-refractivity contribution in [2.24, 2.45) is 12.8 Å². The molecule has 4 heterocycles. The number of aromatic nitrogens is 4. The van der Waals surface area contributed by atoms with E-state index < -0.39 is 5.91 Å². The molecule has 31 heavy (non-hydrogen) atoms. The molecule has 0 aliphatic carbocycles. The maximum Gasteiger partial charge on any atom is 0.284 e. The van der Waals surface area contributed by atoms with E-state index in [1.54, 1.807) is 18.2 Å². The van der Waals surface area contributed by atoms with Gasteiger partial charge in [-0.2, -0.15) is 0 Å². The average molecular weight is 436 g/mol. The quantitative estimate of drug-likeness (QED) is 0.444. The third-order valence-electron chi connectivity index (χ3n) is 5.46. The van der Waals surface area contributed by atoms with Crippen LogP contribution in [-0.4, -0.2) is 42.8 Å². The second-order valence-corrected chi connectivity index (χ2v) is 8.65. The fraction of sp³-hybridized carbons (Fsp3) is 0.238. The van der Waals surface area contributed by atoms with Gasteiger partial charge in [0.2, 0.25) is 0 Å². The van der Waals surface area contributed by atoms with Crippen molar-refractivity contribution in [2.45, 2.75) is 19.5 Å². The first kappa shape index (κ1) is 19.5. The maximum atomic E-state index is 12.9. The van der Waals surface area contributed by atoms with E-state index >= 15 is 0 Å². The van der Waals surface area contributed by atoms with E-state index in [-0.39, 0.29) is 11.7 Å². The Kier molecular flexibility index (Phi) is 4.79. The number of para-hydroxylation sites is 1. The van der Waals surface area contributed by atoms with E-state index in [1.165, 1.54) is 21.9 Å². The van der Waals surface area contributed by atoms with Crippen LogP contribution in [0.3, 0.4) is 0 Å². The molecule has 5 rings (SSSR count). The van der Waals surface area contributed by atoms with Crippen molar-refractivity contribution in [1.82, 2.24) is 24.4 Å². The van der Waals surface area contributed by atoms with Crippen molar-refractivity contribution < 1.29 is 9.59 Å². The largest absolute Gasteiger partial charge is 0.363 e. The summed E-state index contributed by atoms with van der Waals surface area (Å²) < 4.78 is 2.13. The molecule has 0 bridgehead atoms. The smallest absolute Gasteiger partial charge is 0.284 e. The zero-order valence-electron chi connectivity index (χ0n) is 16.9. The summed E-state index contributed by atoms with van der Waals surface area (Å²) in [5.74, 6) is -0.965. The number of hydrogen-bond donors (Lipinski definition) is 3. The summed E-state index contributed by atoms with van der Waals surface area (Å²) in [7, 11) is 2.05. The first-order valence-corrected chi connectivity index (χ1v) is 10.7. The van der Waals surface area contributed by atoms with Crippen LogP contribution in [0, 0.1) is 0 Å². The highest BCUT2D eigenvalue weighted by Crippen LogP contribution is 2.29. The van der Waals surface area contributed by atoms with Gasteiger partial charge in [-0.3, -0.25) is 19.8 Å². The van der Waals surface area contributed by atoms with Crippen LogP contribution in [0.2, 0.25) is 0 Å². The Morgan fingerprint density at radius 2 is 2.13 bits per heavy atom. The van der Waals surface area contributed by atoms with Crippen LogP contribution in [-0.2, 0) is 26.6 Å². The van der Waals surface area contributed by atoms with Gasteiger partial charge in [0.25, 0.3) is 11.8 Å². The molecule has 10 heteroatoms. The van der Waals surface area contributed by atoms with Gasteiger partial charge in [0.05, 0.1) is 16.8 Å². The van der Waals surface area contributed by atoms with Crippen LogP contribution in [0.1, 0.15) is 37.2 Å². The number of rotatable bonds is 5. The number of imidazole rings is 1. The summed E-state index contributed by atoms with van der Waals surface area (Å²) in [6.07, 6.45) is 2.90. The standard InChI is InChI=1S/C21H21N7O2S/c1-27-8-3-4-12(27)10-28-9-7-14-16(11-28)31-21(24-14)26-20(30)13-5-2-6-15-17(13)25-19(23-15)18(22)29/h2-6,8H,7,9-11H2,1H3,(H2,22,29)(H,23,25)(H,24,26,30). The average Bonchev–Trinajstić information content (AvgIpc) is 3.45. The number of aryl methyl sites for hydroxylation is 1. The number of nitrogens with one attached hydrogen (secondary N) is 2. The Hall–Kier alpha value is -3.50. The summed E-state index contributed by atoms with van der Waals surface area (Å²) in [5.41, 5.74) is 8.95. The summed E-state index contributed by atoms with van der Waals surface area (Å²) in [6.45, 7) is 2.62. The minimum atomic E-state index is -0.671. The number of benzene rings is 1. The van der Waals surface area contributed by atoms with Crippen molar-refractivity contribution in [3.63, 3.8) is 0 Å². The van der Waals surface area contributed by atoms with Crippen molar-refractivity contribution >= 4 is 39.3 Å². The number of thiazole rings is 1. The monoisotopic (exact) mass is 435 g/mol. The van der Waals surface area contributed by atoms with E-state index in [0.717, 1.165) is 31.7 Å². The lowest BCUT2D eigenvalue weighted by Gasteiger charge is -2.25. The van der Waals surface area contributed by atoms with Crippen molar-refractivity contribution in [3.8, 4) is 0 Å². The molecule has 0 saturated carbocycles. The number of nitrogens with zero attached hydrogens (tertiary/aromatic N) is 4. The number of fused-ring (bicyclic) bond motifs is 2. The van der Waals surface area contributed by atoms with E-state index in [1.807, 2.05) is 0 Å². The highest BCUT2D eigenvalue weighted by Gasteiger charge is 2.23. The fourth-order valence-electron chi connectivity index (χ4n) is 3.82. The van der Waals surface area contributed by atoms with Crippen molar-refractivity contribution in [3.05, 3.63) is 64.2 Å². The summed E-state index contributed by atoms with van der Waals surface area (Å²) in [6, 6.07) is 9.33. The molecule has 0 radical (unpaired) electrons. The van der Waals surface area contributed by atoms with Crippen LogP contribution in [0.25, 0.3) is 11.0 Å². The number of carbonyl (C=O) groups is 2. The highest BCUT2D eigenvalue weighted by atomic mass is 32.1. The Bertz CT molecular complexity index is 1300. The molecule has 0 unspecified atom stereocenters. The minimum Gasteiger partial charge on any atom is -0.363 e. The third-order valence-corrected chi connectivity index (χ3v) is 6.46. The van der Waals surface area contributed by atoms with Crippen LogP contribution < -0.4 is 11.1 Å². The molecule has 4 N–H and O–H groups in total. The molecular weight excluding hydrogens is 414 g/mol. The van der Waals surface area contributed by atoms with Gasteiger partial charge >= 0.3 is 0 Å². The normalized spacial score (nSPS) is 14.0. The molecule has 0 saturated heterocycles. The van der Waals surface area contributed by atoms with Gasteiger partial charge in [-0.1, -0.05) is 6.07 Å². The zero-order chi connectivity index (χ0) is 21.5. The number of amides is 2. The van der Waals surface area contributed by atoms with Crippen LogP contribution >= 0.6 is 11.3 Å². The van der Waals surface area contributed by atoms with Crippen LogP contribution in [0.4, 0.5) is 5.13 Å². The summed E-state index contributed by atoms with van der Waals surface area (Å²) in [5, 5.41) is 3.46. The first-order valence-electron chi connectivity index (χ1n) is 9.89. The van der Waals surface area contributed by atoms with Gasteiger partial charge in [0.15, 0.2) is 11.0 Å². The fourth-order valence-corrected chi connectivity index (χ4v) is 4.87. The highest BCUT2D eigenvalue weighted by molar-refractivity contribution is 7.15. The predicted molar refractivity (Wildman–Crippen MR) is 118 cm³/mol. The zero-order valence-corrected chi connectivity index (χ0v) is 17.7. The van der Waals surface area contributed by atoms with Crippen LogP contribution in [0.15, 0.2) is 36.5 Å². The van der Waals surface area contributed by atoms with Gasteiger partial charge in [0, 0.05) is 49.9 Å². The number of nitrogens with two attached hydrogens (primary N) is 1. The Morgan fingerprint density at radius 1 is 1.26 bits per heavy atom. The van der Waals surface area contributed by atoms with Gasteiger partial charge in [-0.15, -0.1) is 11.3 Å². The lowest BCUT2D eigenvalue weighted by molar-refractivity contribution is 0.0989. The van der Waals surface area contributed by atoms with E-state index in [2.05, 4.69) is 55.1 Å². The number of primary amides is 1. The Morgan fingerprint density at radius 3 is 2.90 bits per heavy atom. The minimum absolute atomic E-state index is 0.0262. The molecule has 1 aliphatic heterocycles. The Balaban J connectivity index is 1.33. The van der Waals surface area contributed by atoms with Crippen molar-refractivity contribution in [2.75, 3.05) is 11.9 Å². The van der Waals surface area contributed by atoms with E-state index in [0.29, 0.717) is 21.7 Å². The molecule has 0 spiro atoms. The number of carbonyl (C=O) groups excluding carboxylic acids is 2.